The molecule has 4 aromatic rings. The first kappa shape index (κ1) is 22.9. The van der Waals surface area contributed by atoms with Gasteiger partial charge in [0.05, 0.1) is 36.5 Å². The number of thioether (sulfide) groups is 1. The summed E-state index contributed by atoms with van der Waals surface area (Å²) >= 11 is 1.70. The first-order valence-electron chi connectivity index (χ1n) is 11.7. The number of fused-ring (bicyclic) bond motifs is 1. The van der Waals surface area contributed by atoms with Gasteiger partial charge in [-0.2, -0.15) is 5.10 Å². The minimum atomic E-state index is 0.385. The van der Waals surface area contributed by atoms with Crippen LogP contribution in [-0.4, -0.2) is 42.2 Å². The Morgan fingerprint density at radius 1 is 1.15 bits per heavy atom. The molecule has 0 unspecified atom stereocenters. The van der Waals surface area contributed by atoms with Crippen molar-refractivity contribution in [3.8, 4) is 17.0 Å². The third kappa shape index (κ3) is 4.18. The van der Waals surface area contributed by atoms with Crippen molar-refractivity contribution in [3.63, 3.8) is 0 Å². The molecule has 3 aromatic heterocycles. The normalized spacial score (nSPS) is 14.6. The molecule has 34 heavy (non-hydrogen) atoms. The van der Waals surface area contributed by atoms with E-state index in [-0.39, 0.29) is 0 Å². The van der Waals surface area contributed by atoms with E-state index in [0.717, 1.165) is 60.1 Å². The number of aromatic nitrogens is 2. The molecule has 0 bridgehead atoms. The van der Waals surface area contributed by atoms with Crippen LogP contribution in [0.2, 0.25) is 0 Å². The highest BCUT2D eigenvalue weighted by molar-refractivity contribution is 7.98. The largest absolute Gasteiger partial charge is 0.497 e. The molecule has 1 fully saturated rings. The predicted molar refractivity (Wildman–Crippen MR) is 137 cm³/mol. The van der Waals surface area contributed by atoms with Crippen molar-refractivity contribution in [2.45, 2.75) is 44.3 Å². The molecule has 0 spiro atoms. The highest BCUT2D eigenvalue weighted by atomic mass is 32.2. The summed E-state index contributed by atoms with van der Waals surface area (Å²) in [6.07, 6.45) is 7.69. The van der Waals surface area contributed by atoms with Crippen LogP contribution in [0.25, 0.3) is 16.8 Å². The van der Waals surface area contributed by atoms with Crippen LogP contribution in [0, 0.1) is 13.8 Å². The summed E-state index contributed by atoms with van der Waals surface area (Å²) in [6.45, 7) is 6.63. The molecular weight excluding hydrogens is 446 g/mol. The first-order chi connectivity index (χ1) is 16.6. The van der Waals surface area contributed by atoms with Gasteiger partial charge in [0.15, 0.2) is 0 Å². The summed E-state index contributed by atoms with van der Waals surface area (Å²) in [5.41, 5.74) is 8.10. The van der Waals surface area contributed by atoms with Gasteiger partial charge in [0.25, 0.3) is 0 Å². The van der Waals surface area contributed by atoms with E-state index in [1.165, 1.54) is 22.4 Å². The zero-order valence-corrected chi connectivity index (χ0v) is 21.0. The van der Waals surface area contributed by atoms with Gasteiger partial charge in [-0.25, -0.2) is 4.52 Å². The van der Waals surface area contributed by atoms with Gasteiger partial charge in [-0.05, 0) is 74.4 Å². The van der Waals surface area contributed by atoms with Crippen molar-refractivity contribution < 1.29 is 13.9 Å². The lowest BCUT2D eigenvalue weighted by molar-refractivity contribution is 0.0840. The number of benzene rings is 1. The summed E-state index contributed by atoms with van der Waals surface area (Å²) in [7, 11) is 1.71. The van der Waals surface area contributed by atoms with E-state index in [2.05, 4.69) is 59.9 Å². The molecule has 5 rings (SSSR count). The number of ether oxygens (including phenoxy) is 2. The molecule has 0 radical (unpaired) electrons. The van der Waals surface area contributed by atoms with Crippen LogP contribution in [0.3, 0.4) is 0 Å². The number of furan rings is 1. The van der Waals surface area contributed by atoms with Crippen molar-refractivity contribution in [3.05, 3.63) is 65.6 Å². The minimum absolute atomic E-state index is 0.385. The van der Waals surface area contributed by atoms with Crippen LogP contribution < -0.4 is 9.64 Å². The van der Waals surface area contributed by atoms with Crippen LogP contribution in [0.4, 0.5) is 5.69 Å². The highest BCUT2D eigenvalue weighted by Gasteiger charge is 2.28. The molecule has 0 N–H and O–H groups in total. The number of methoxy groups -OCH3 is 1. The first-order valence-corrected chi connectivity index (χ1v) is 12.9. The molecule has 178 valence electrons. The Balaban J connectivity index is 1.68. The number of rotatable bonds is 7. The van der Waals surface area contributed by atoms with Gasteiger partial charge in [0.2, 0.25) is 0 Å². The maximum Gasteiger partial charge on any atom is 0.142 e. The number of hydrogen-bond donors (Lipinski definition) is 0. The van der Waals surface area contributed by atoms with E-state index >= 15 is 0 Å². The monoisotopic (exact) mass is 477 g/mol. The average molecular weight is 478 g/mol. The maximum atomic E-state index is 5.69. The Morgan fingerprint density at radius 2 is 1.91 bits per heavy atom. The molecular formula is C27H31N3O3S. The SMILES string of the molecule is COc1cc(C)c(-c2cccc3c(N(Cc4ccoc4)C4CCOCC4)c(SC)nn23)c(C)c1. The number of anilines is 1. The van der Waals surface area contributed by atoms with Crippen LogP contribution in [-0.2, 0) is 11.3 Å². The molecule has 1 aliphatic rings. The molecule has 1 saturated heterocycles. The molecule has 0 atom stereocenters. The molecule has 7 heteroatoms. The van der Waals surface area contributed by atoms with Crippen LogP contribution >= 0.6 is 11.8 Å². The Bertz CT molecular complexity index is 1250. The molecule has 0 aliphatic carbocycles. The summed E-state index contributed by atoms with van der Waals surface area (Å²) in [5, 5.41) is 6.16. The zero-order valence-electron chi connectivity index (χ0n) is 20.2. The van der Waals surface area contributed by atoms with E-state index < -0.39 is 0 Å². The van der Waals surface area contributed by atoms with Crippen LogP contribution in [0.1, 0.15) is 29.5 Å². The van der Waals surface area contributed by atoms with Crippen molar-refractivity contribution in [1.29, 1.82) is 0 Å². The summed E-state index contributed by atoms with van der Waals surface area (Å²) < 4.78 is 18.7. The topological polar surface area (TPSA) is 52.1 Å². The molecule has 0 amide bonds. The summed E-state index contributed by atoms with van der Waals surface area (Å²) in [4.78, 5) is 2.51. The number of hydrogen-bond acceptors (Lipinski definition) is 6. The lowest BCUT2D eigenvalue weighted by atomic mass is 9.98. The number of aryl methyl sites for hydroxylation is 2. The molecule has 6 nitrogen and oxygen atoms in total. The number of pyridine rings is 1. The van der Waals surface area contributed by atoms with E-state index in [1.54, 1.807) is 25.1 Å². The Kier molecular flexibility index (Phi) is 6.57. The third-order valence-electron chi connectivity index (χ3n) is 6.64. The van der Waals surface area contributed by atoms with Gasteiger partial charge < -0.3 is 18.8 Å². The average Bonchev–Trinajstić information content (AvgIpc) is 3.50. The van der Waals surface area contributed by atoms with Gasteiger partial charge in [-0.15, -0.1) is 11.8 Å². The van der Waals surface area contributed by atoms with Crippen molar-refractivity contribution in [2.75, 3.05) is 31.5 Å². The summed E-state index contributed by atoms with van der Waals surface area (Å²) in [6, 6.07) is 13.1. The highest BCUT2D eigenvalue weighted by Crippen LogP contribution is 2.39. The third-order valence-corrected chi connectivity index (χ3v) is 7.31. The quantitative estimate of drug-likeness (QED) is 0.299. The lowest BCUT2D eigenvalue weighted by Gasteiger charge is -2.35. The Labute approximate surface area is 204 Å². The van der Waals surface area contributed by atoms with E-state index in [0.29, 0.717) is 6.04 Å². The van der Waals surface area contributed by atoms with Crippen LogP contribution in [0.15, 0.2) is 58.4 Å². The second-order valence-electron chi connectivity index (χ2n) is 8.81. The zero-order chi connectivity index (χ0) is 23.7. The fraction of sp³-hybridized carbons (Fsp3) is 0.370. The molecule has 4 heterocycles. The van der Waals surface area contributed by atoms with Crippen molar-refractivity contribution in [2.24, 2.45) is 0 Å². The fourth-order valence-corrected chi connectivity index (χ4v) is 5.62. The fourth-order valence-electron chi connectivity index (χ4n) is 5.05. The molecule has 0 saturated carbocycles. The Morgan fingerprint density at radius 3 is 2.56 bits per heavy atom. The summed E-state index contributed by atoms with van der Waals surface area (Å²) in [5.74, 6) is 0.877. The van der Waals surface area contributed by atoms with E-state index in [4.69, 9.17) is 19.0 Å². The standard InChI is InChI=1S/C27H31N3O3S/c1-18-14-22(31-3)15-19(2)25(18)23-6-5-7-24-26(27(34-4)28-30(23)24)29(16-20-8-11-33-17-20)21-9-12-32-13-10-21/h5-8,11,14-15,17,21H,9-10,12-13,16H2,1-4H3. The predicted octanol–water partition coefficient (Wildman–Crippen LogP) is 6.13. The smallest absolute Gasteiger partial charge is 0.142 e. The van der Waals surface area contributed by atoms with Crippen molar-refractivity contribution >= 4 is 23.0 Å². The van der Waals surface area contributed by atoms with Gasteiger partial charge in [0, 0.05) is 36.9 Å². The maximum absolute atomic E-state index is 5.69. The second-order valence-corrected chi connectivity index (χ2v) is 9.60. The van der Waals surface area contributed by atoms with E-state index in [9.17, 15) is 0 Å². The van der Waals surface area contributed by atoms with Gasteiger partial charge >= 0.3 is 0 Å². The van der Waals surface area contributed by atoms with Crippen molar-refractivity contribution in [1.82, 2.24) is 9.61 Å². The van der Waals surface area contributed by atoms with Gasteiger partial charge in [0.1, 0.15) is 10.8 Å². The van der Waals surface area contributed by atoms with Crippen LogP contribution in [0.5, 0.6) is 5.75 Å². The van der Waals surface area contributed by atoms with Gasteiger partial charge in [-0.3, -0.25) is 0 Å². The number of nitrogens with zero attached hydrogens (tertiary/aromatic N) is 3. The molecule has 1 aliphatic heterocycles. The van der Waals surface area contributed by atoms with E-state index in [1.807, 2.05) is 12.3 Å². The molecule has 1 aromatic carbocycles. The lowest BCUT2D eigenvalue weighted by Crippen LogP contribution is -2.39. The second kappa shape index (κ2) is 9.76. The van der Waals surface area contributed by atoms with Gasteiger partial charge in [-0.1, -0.05) is 6.07 Å². The Hall–Kier alpha value is -2.90. The minimum Gasteiger partial charge on any atom is -0.497 e.